The molecule has 8 nitrogen and oxygen atoms in total. The molecule has 3 N–H and O–H groups in total. The molecule has 2 saturated heterocycles. The fourth-order valence-electron chi connectivity index (χ4n) is 4.78. The normalized spacial score (nSPS) is 21.8. The van der Waals surface area contributed by atoms with Crippen molar-refractivity contribution in [1.29, 1.82) is 0 Å². The Morgan fingerprint density at radius 2 is 1.75 bits per heavy atom. The van der Waals surface area contributed by atoms with Crippen LogP contribution in [0.2, 0.25) is 0 Å². The minimum atomic E-state index is -0.817. The van der Waals surface area contributed by atoms with Crippen LogP contribution in [0.4, 0.5) is 16.2 Å². The predicted octanol–water partition coefficient (Wildman–Crippen LogP) is 1.16. The van der Waals surface area contributed by atoms with Gasteiger partial charge in [0.05, 0.1) is 5.56 Å². The number of fused-ring (bicyclic) bond motifs is 1. The number of anilines is 2. The molecule has 3 aliphatic heterocycles. The predicted molar refractivity (Wildman–Crippen MR) is 108 cm³/mol. The maximum atomic E-state index is 12.6. The van der Waals surface area contributed by atoms with E-state index in [1.807, 2.05) is 13.1 Å². The van der Waals surface area contributed by atoms with Crippen molar-refractivity contribution in [3.05, 3.63) is 23.3 Å². The first-order valence-electron chi connectivity index (χ1n) is 10.1. The lowest BCUT2D eigenvalue weighted by Crippen LogP contribution is -2.54. The zero-order valence-electron chi connectivity index (χ0n) is 16.4. The van der Waals surface area contributed by atoms with E-state index in [0.29, 0.717) is 30.4 Å². The molecule has 1 aromatic rings. The molecule has 0 aliphatic carbocycles. The molecule has 0 radical (unpaired) electrons. The van der Waals surface area contributed by atoms with Crippen LogP contribution in [0, 0.1) is 0 Å². The lowest BCUT2D eigenvalue weighted by Gasteiger charge is -2.43. The van der Waals surface area contributed by atoms with E-state index in [4.69, 9.17) is 10.8 Å². The minimum Gasteiger partial charge on any atom is -0.465 e. The van der Waals surface area contributed by atoms with Gasteiger partial charge in [-0.1, -0.05) is 0 Å². The molecule has 152 valence electrons. The molecule has 0 spiro atoms. The number of carbonyl (C=O) groups excluding carboxylic acids is 1. The molecule has 4 rings (SSSR count). The van der Waals surface area contributed by atoms with Gasteiger partial charge in [-0.15, -0.1) is 0 Å². The number of carboxylic acid groups (broad SMARTS) is 1. The number of piperazine rings is 1. The third-order valence-electron chi connectivity index (χ3n) is 6.48. The number of piperidine rings is 1. The van der Waals surface area contributed by atoms with Gasteiger partial charge in [0.15, 0.2) is 0 Å². The summed E-state index contributed by atoms with van der Waals surface area (Å²) in [6.07, 6.45) is 2.14. The van der Waals surface area contributed by atoms with Gasteiger partial charge in [-0.3, -0.25) is 9.69 Å². The van der Waals surface area contributed by atoms with Gasteiger partial charge < -0.3 is 25.5 Å². The van der Waals surface area contributed by atoms with Crippen LogP contribution in [0.5, 0.6) is 0 Å². The van der Waals surface area contributed by atoms with Crippen molar-refractivity contribution in [1.82, 2.24) is 14.7 Å². The number of nitrogens with two attached hydrogens (primary N) is 1. The van der Waals surface area contributed by atoms with Gasteiger partial charge in [0.2, 0.25) is 0 Å². The Labute approximate surface area is 165 Å². The van der Waals surface area contributed by atoms with E-state index in [2.05, 4.69) is 15.9 Å². The number of hydrogen-bond acceptors (Lipinski definition) is 5. The Morgan fingerprint density at radius 1 is 1.07 bits per heavy atom. The van der Waals surface area contributed by atoms with Crippen LogP contribution in [0.25, 0.3) is 0 Å². The van der Waals surface area contributed by atoms with Crippen molar-refractivity contribution in [2.24, 2.45) is 0 Å². The molecule has 2 fully saturated rings. The highest BCUT2D eigenvalue weighted by molar-refractivity contribution is 6.03. The molecule has 1 aromatic carbocycles. The third kappa shape index (κ3) is 3.37. The van der Waals surface area contributed by atoms with Crippen molar-refractivity contribution >= 4 is 23.4 Å². The monoisotopic (exact) mass is 387 g/mol. The molecular weight excluding hydrogens is 358 g/mol. The molecule has 2 amide bonds. The van der Waals surface area contributed by atoms with Crippen molar-refractivity contribution < 1.29 is 14.7 Å². The first-order chi connectivity index (χ1) is 13.5. The molecule has 8 heteroatoms. The Bertz CT molecular complexity index is 767. The second-order valence-corrected chi connectivity index (χ2v) is 8.03. The fourth-order valence-corrected chi connectivity index (χ4v) is 4.78. The lowest BCUT2D eigenvalue weighted by molar-refractivity contribution is 0.0775. The van der Waals surface area contributed by atoms with Crippen molar-refractivity contribution in [2.45, 2.75) is 25.3 Å². The summed E-state index contributed by atoms with van der Waals surface area (Å²) in [5.41, 5.74) is 9.62. The summed E-state index contributed by atoms with van der Waals surface area (Å²) < 4.78 is 0. The molecule has 3 heterocycles. The summed E-state index contributed by atoms with van der Waals surface area (Å²) in [5.74, 6) is 0.0202. The Kier molecular flexibility index (Phi) is 5.05. The molecular formula is C20H29N5O3. The molecule has 0 atom stereocenters. The first kappa shape index (κ1) is 18.9. The van der Waals surface area contributed by atoms with Crippen molar-refractivity contribution in [3.8, 4) is 0 Å². The Balaban J connectivity index is 1.42. The Morgan fingerprint density at radius 3 is 2.39 bits per heavy atom. The maximum Gasteiger partial charge on any atom is 0.407 e. The summed E-state index contributed by atoms with van der Waals surface area (Å²) in [5, 5.41) is 9.11. The number of hydrogen-bond donors (Lipinski definition) is 2. The highest BCUT2D eigenvalue weighted by Gasteiger charge is 2.32. The van der Waals surface area contributed by atoms with Crippen LogP contribution >= 0.6 is 0 Å². The zero-order valence-corrected chi connectivity index (χ0v) is 16.4. The third-order valence-corrected chi connectivity index (χ3v) is 6.48. The smallest absolute Gasteiger partial charge is 0.407 e. The SMILES string of the molecule is CN1CCc2c(N3CCC(N4CCN(C(=O)O)CC4)CC3)ccc(N)c2C1=O. The van der Waals surface area contributed by atoms with Crippen LogP contribution < -0.4 is 10.6 Å². The molecule has 0 unspecified atom stereocenters. The van der Waals surface area contributed by atoms with Crippen LogP contribution in [0.3, 0.4) is 0 Å². The van der Waals surface area contributed by atoms with Crippen LogP contribution in [0.15, 0.2) is 12.1 Å². The number of rotatable bonds is 2. The Hall–Kier alpha value is -2.48. The van der Waals surface area contributed by atoms with E-state index in [1.54, 1.807) is 4.90 Å². The fraction of sp³-hybridized carbons (Fsp3) is 0.600. The first-order valence-corrected chi connectivity index (χ1v) is 10.1. The topological polar surface area (TPSA) is 93.3 Å². The van der Waals surface area contributed by atoms with Gasteiger partial charge in [-0.05, 0) is 37.0 Å². The molecule has 0 bridgehead atoms. The molecule has 0 aromatic heterocycles. The van der Waals surface area contributed by atoms with Crippen LogP contribution in [0.1, 0.15) is 28.8 Å². The highest BCUT2D eigenvalue weighted by Crippen LogP contribution is 2.34. The van der Waals surface area contributed by atoms with E-state index >= 15 is 0 Å². The lowest BCUT2D eigenvalue weighted by atomic mass is 9.93. The summed E-state index contributed by atoms with van der Waals surface area (Å²) in [6, 6.07) is 4.44. The second-order valence-electron chi connectivity index (χ2n) is 8.03. The summed E-state index contributed by atoms with van der Waals surface area (Å²) in [7, 11) is 1.83. The summed E-state index contributed by atoms with van der Waals surface area (Å²) >= 11 is 0. The largest absolute Gasteiger partial charge is 0.465 e. The maximum absolute atomic E-state index is 12.6. The molecule has 28 heavy (non-hydrogen) atoms. The van der Waals surface area contributed by atoms with E-state index in [1.165, 1.54) is 4.90 Å². The summed E-state index contributed by atoms with van der Waals surface area (Å²) in [6.45, 7) is 5.44. The number of benzene rings is 1. The van der Waals surface area contributed by atoms with E-state index in [0.717, 1.165) is 63.2 Å². The van der Waals surface area contributed by atoms with Crippen LogP contribution in [-0.4, -0.2) is 90.7 Å². The average Bonchev–Trinajstić information content (AvgIpc) is 2.71. The van der Waals surface area contributed by atoms with Gasteiger partial charge in [0.25, 0.3) is 5.91 Å². The van der Waals surface area contributed by atoms with E-state index in [9.17, 15) is 9.59 Å². The number of likely N-dealkylation sites (N-methyl/N-ethyl adjacent to an activating group) is 1. The van der Waals surface area contributed by atoms with Gasteiger partial charge in [0.1, 0.15) is 0 Å². The van der Waals surface area contributed by atoms with Gasteiger partial charge >= 0.3 is 6.09 Å². The standard InChI is InChI=1S/C20H29N5O3/c1-22-7-6-15-17(3-2-16(21)18(15)19(22)26)24-8-4-14(5-9-24)23-10-12-25(13-11-23)20(27)28/h2-3,14H,4-13,21H2,1H3,(H,27,28). The zero-order chi connectivity index (χ0) is 19.8. The number of carbonyl (C=O) groups is 2. The van der Waals surface area contributed by atoms with E-state index in [-0.39, 0.29) is 5.91 Å². The van der Waals surface area contributed by atoms with Crippen LogP contribution in [-0.2, 0) is 6.42 Å². The minimum absolute atomic E-state index is 0.0202. The van der Waals surface area contributed by atoms with Gasteiger partial charge in [-0.2, -0.15) is 0 Å². The number of nitrogens with zero attached hydrogens (tertiary/aromatic N) is 4. The molecule has 0 saturated carbocycles. The van der Waals surface area contributed by atoms with Gasteiger partial charge in [-0.25, -0.2) is 4.79 Å². The second kappa shape index (κ2) is 7.50. The quantitative estimate of drug-likeness (QED) is 0.740. The van der Waals surface area contributed by atoms with Crippen molar-refractivity contribution in [2.75, 3.05) is 63.5 Å². The number of amides is 2. The van der Waals surface area contributed by atoms with E-state index < -0.39 is 6.09 Å². The highest BCUT2D eigenvalue weighted by atomic mass is 16.4. The van der Waals surface area contributed by atoms with Crippen molar-refractivity contribution in [3.63, 3.8) is 0 Å². The number of nitrogen functional groups attached to an aromatic ring is 1. The average molecular weight is 387 g/mol. The van der Waals surface area contributed by atoms with Gasteiger partial charge in [0, 0.05) is 70.3 Å². The molecule has 3 aliphatic rings. The summed E-state index contributed by atoms with van der Waals surface area (Å²) in [4.78, 5) is 31.7.